The van der Waals surface area contributed by atoms with E-state index in [0.717, 1.165) is 22.8 Å². The zero-order valence-corrected chi connectivity index (χ0v) is 12.4. The predicted molar refractivity (Wildman–Crippen MR) is 83.7 cm³/mol. The lowest BCUT2D eigenvalue weighted by Crippen LogP contribution is -2.25. The summed E-state index contributed by atoms with van der Waals surface area (Å²) in [4.78, 5) is 10.7. The van der Waals surface area contributed by atoms with E-state index < -0.39 is 5.97 Å². The second kappa shape index (κ2) is 7.09. The number of carboxylic acid groups (broad SMARTS) is 1. The minimum absolute atomic E-state index is 0.325. The van der Waals surface area contributed by atoms with Crippen LogP contribution in [0.1, 0.15) is 25.8 Å². The molecule has 2 rings (SSSR count). The quantitative estimate of drug-likeness (QED) is 0.821. The highest BCUT2D eigenvalue weighted by Gasteiger charge is 2.11. The fraction of sp³-hybridized carbons (Fsp3) is 0.353. The van der Waals surface area contributed by atoms with Gasteiger partial charge in [0.25, 0.3) is 0 Å². The molecule has 0 aliphatic heterocycles. The number of nitrogens with one attached hydrogen (secondary N) is 1. The van der Waals surface area contributed by atoms with E-state index in [-0.39, 0.29) is 6.61 Å². The fourth-order valence-corrected chi connectivity index (χ4v) is 2.19. The molecule has 0 unspecified atom stereocenters. The topological polar surface area (TPSA) is 58.6 Å². The molecular formula is C17H21NO3. The molecule has 0 heterocycles. The normalized spacial score (nSPS) is 12.3. The van der Waals surface area contributed by atoms with Crippen molar-refractivity contribution in [1.82, 2.24) is 5.32 Å². The third kappa shape index (κ3) is 3.95. The molecule has 0 aliphatic rings. The molecule has 2 aromatic rings. The lowest BCUT2D eigenvalue weighted by molar-refractivity contribution is -0.139. The van der Waals surface area contributed by atoms with Crippen LogP contribution in [0.5, 0.6) is 5.75 Å². The molecule has 0 bridgehead atoms. The Balaban J connectivity index is 2.34. The third-order valence-electron chi connectivity index (χ3n) is 3.59. The van der Waals surface area contributed by atoms with Gasteiger partial charge in [0.05, 0.1) is 0 Å². The van der Waals surface area contributed by atoms with Crippen molar-refractivity contribution in [1.29, 1.82) is 0 Å². The van der Waals surface area contributed by atoms with Crippen LogP contribution in [0.15, 0.2) is 36.4 Å². The summed E-state index contributed by atoms with van der Waals surface area (Å²) >= 11 is 0. The number of hydrogen-bond acceptors (Lipinski definition) is 3. The van der Waals surface area contributed by atoms with Gasteiger partial charge in [-0.3, -0.25) is 0 Å². The number of carboxylic acids is 1. The predicted octanol–water partition coefficient (Wildman–Crippen LogP) is 3.19. The van der Waals surface area contributed by atoms with E-state index in [1.54, 1.807) is 0 Å². The van der Waals surface area contributed by atoms with Gasteiger partial charge in [0, 0.05) is 18.2 Å². The molecule has 1 atom stereocenters. The number of benzene rings is 2. The van der Waals surface area contributed by atoms with E-state index in [9.17, 15) is 4.79 Å². The van der Waals surface area contributed by atoms with Gasteiger partial charge >= 0.3 is 5.97 Å². The Morgan fingerprint density at radius 1 is 1.29 bits per heavy atom. The number of ether oxygens (including phenoxy) is 1. The molecule has 2 N–H and O–H groups in total. The number of hydrogen-bond donors (Lipinski definition) is 2. The first-order chi connectivity index (χ1) is 10.1. The summed E-state index contributed by atoms with van der Waals surface area (Å²) in [7, 11) is 0. The summed E-state index contributed by atoms with van der Waals surface area (Å²) in [6, 6.07) is 12.3. The molecule has 0 radical (unpaired) electrons. The lowest BCUT2D eigenvalue weighted by Gasteiger charge is -2.16. The van der Waals surface area contributed by atoms with Crippen LogP contribution in [-0.2, 0) is 11.3 Å². The zero-order chi connectivity index (χ0) is 15.2. The highest BCUT2D eigenvalue weighted by molar-refractivity contribution is 5.87. The fourth-order valence-electron chi connectivity index (χ4n) is 2.19. The Labute approximate surface area is 124 Å². The number of aliphatic carboxylic acids is 1. The van der Waals surface area contributed by atoms with Crippen LogP contribution >= 0.6 is 0 Å². The van der Waals surface area contributed by atoms with E-state index in [1.165, 1.54) is 0 Å². The molecule has 0 amide bonds. The molecule has 0 spiro atoms. The Morgan fingerprint density at radius 3 is 2.76 bits per heavy atom. The van der Waals surface area contributed by atoms with Crippen LogP contribution in [-0.4, -0.2) is 23.7 Å². The van der Waals surface area contributed by atoms with Crippen molar-refractivity contribution in [2.24, 2.45) is 0 Å². The molecule has 0 saturated heterocycles. The average Bonchev–Trinajstić information content (AvgIpc) is 2.50. The maximum atomic E-state index is 10.7. The molecule has 0 aliphatic carbocycles. The van der Waals surface area contributed by atoms with Gasteiger partial charge in [0.2, 0.25) is 0 Å². The van der Waals surface area contributed by atoms with Crippen molar-refractivity contribution in [3.63, 3.8) is 0 Å². The van der Waals surface area contributed by atoms with Crippen LogP contribution in [0.25, 0.3) is 10.8 Å². The first-order valence-electron chi connectivity index (χ1n) is 7.20. The minimum atomic E-state index is -0.969. The van der Waals surface area contributed by atoms with Crippen LogP contribution in [0.3, 0.4) is 0 Å². The summed E-state index contributed by atoms with van der Waals surface area (Å²) in [6.45, 7) is 4.59. The molecule has 4 heteroatoms. The maximum Gasteiger partial charge on any atom is 0.341 e. The molecule has 2 aromatic carbocycles. The highest BCUT2D eigenvalue weighted by atomic mass is 16.5. The van der Waals surface area contributed by atoms with Crippen molar-refractivity contribution in [2.45, 2.75) is 32.9 Å². The highest BCUT2D eigenvalue weighted by Crippen LogP contribution is 2.28. The second-order valence-electron chi connectivity index (χ2n) is 5.14. The van der Waals surface area contributed by atoms with E-state index in [4.69, 9.17) is 9.84 Å². The summed E-state index contributed by atoms with van der Waals surface area (Å²) in [5.74, 6) is -0.337. The van der Waals surface area contributed by atoms with Gasteiger partial charge in [-0.05, 0) is 30.2 Å². The van der Waals surface area contributed by atoms with Crippen molar-refractivity contribution >= 4 is 16.7 Å². The molecule has 0 aromatic heterocycles. The molecule has 0 saturated carbocycles. The Hall–Kier alpha value is -2.07. The van der Waals surface area contributed by atoms with Crippen LogP contribution in [0.4, 0.5) is 0 Å². The second-order valence-corrected chi connectivity index (χ2v) is 5.14. The van der Waals surface area contributed by atoms with E-state index in [2.05, 4.69) is 19.2 Å². The smallest absolute Gasteiger partial charge is 0.341 e. The van der Waals surface area contributed by atoms with Crippen LogP contribution in [0, 0.1) is 0 Å². The van der Waals surface area contributed by atoms with Gasteiger partial charge in [-0.1, -0.05) is 37.3 Å². The Bertz CT molecular complexity index is 624. The molecule has 4 nitrogen and oxygen atoms in total. The van der Waals surface area contributed by atoms with E-state index in [1.807, 2.05) is 36.4 Å². The van der Waals surface area contributed by atoms with Crippen LogP contribution in [0.2, 0.25) is 0 Å². The van der Waals surface area contributed by atoms with Gasteiger partial charge in [-0.2, -0.15) is 0 Å². The number of rotatable bonds is 7. The first kappa shape index (κ1) is 15.3. The summed E-state index contributed by atoms with van der Waals surface area (Å²) < 4.78 is 5.43. The van der Waals surface area contributed by atoms with Crippen molar-refractivity contribution in [2.75, 3.05) is 6.61 Å². The van der Waals surface area contributed by atoms with Gasteiger partial charge in [-0.25, -0.2) is 4.79 Å². The number of carbonyl (C=O) groups is 1. The van der Waals surface area contributed by atoms with Gasteiger partial charge in [0.1, 0.15) is 5.75 Å². The lowest BCUT2D eigenvalue weighted by atomic mass is 10.0. The largest absolute Gasteiger partial charge is 0.482 e. The summed E-state index contributed by atoms with van der Waals surface area (Å²) in [5, 5.41) is 14.5. The van der Waals surface area contributed by atoms with Crippen molar-refractivity contribution < 1.29 is 14.6 Å². The zero-order valence-electron chi connectivity index (χ0n) is 12.4. The molecular weight excluding hydrogens is 266 g/mol. The third-order valence-corrected chi connectivity index (χ3v) is 3.59. The molecule has 112 valence electrons. The van der Waals surface area contributed by atoms with E-state index in [0.29, 0.717) is 18.3 Å². The average molecular weight is 287 g/mol. The monoisotopic (exact) mass is 287 g/mol. The van der Waals surface area contributed by atoms with Gasteiger partial charge in [0.15, 0.2) is 6.61 Å². The van der Waals surface area contributed by atoms with E-state index >= 15 is 0 Å². The Kier molecular flexibility index (Phi) is 5.17. The summed E-state index contributed by atoms with van der Waals surface area (Å²) in [6.07, 6.45) is 1.04. The van der Waals surface area contributed by atoms with Crippen molar-refractivity contribution in [3.05, 3.63) is 42.0 Å². The minimum Gasteiger partial charge on any atom is -0.482 e. The SMILES string of the molecule is CC[C@@H](C)NCc1c(OCC(=O)O)ccc2ccccc12. The number of fused-ring (bicyclic) bond motifs is 1. The molecule has 21 heavy (non-hydrogen) atoms. The standard InChI is InChI=1S/C17H21NO3/c1-3-12(2)18-10-15-14-7-5-4-6-13(14)8-9-16(15)21-11-17(19)20/h4-9,12,18H,3,10-11H2,1-2H3,(H,19,20)/t12-/m1/s1. The van der Waals surface area contributed by atoms with Gasteiger partial charge < -0.3 is 15.2 Å². The summed E-state index contributed by atoms with van der Waals surface area (Å²) in [5.41, 5.74) is 1.01. The Morgan fingerprint density at radius 2 is 2.05 bits per heavy atom. The molecule has 0 fully saturated rings. The maximum absolute atomic E-state index is 10.7. The van der Waals surface area contributed by atoms with Crippen molar-refractivity contribution in [3.8, 4) is 5.75 Å². The first-order valence-corrected chi connectivity index (χ1v) is 7.20. The van der Waals surface area contributed by atoms with Crippen LogP contribution < -0.4 is 10.1 Å². The van der Waals surface area contributed by atoms with Gasteiger partial charge in [-0.15, -0.1) is 0 Å².